The van der Waals surface area contributed by atoms with Crippen LogP contribution in [0.4, 0.5) is 0 Å². The van der Waals surface area contributed by atoms with E-state index in [0.717, 1.165) is 16.9 Å². The summed E-state index contributed by atoms with van der Waals surface area (Å²) in [6.07, 6.45) is -0.305. The second-order valence-electron chi connectivity index (χ2n) is 6.95. The Morgan fingerprint density at radius 1 is 1.16 bits per heavy atom. The molecule has 9 heteroatoms. The number of ether oxygens (including phenoxy) is 1. The zero-order chi connectivity index (χ0) is 22.4. The van der Waals surface area contributed by atoms with E-state index in [1.54, 1.807) is 18.2 Å². The van der Waals surface area contributed by atoms with Crippen LogP contribution in [0.15, 0.2) is 47.6 Å². The van der Waals surface area contributed by atoms with Crippen LogP contribution in [0.5, 0.6) is 5.75 Å². The van der Waals surface area contributed by atoms with E-state index in [9.17, 15) is 4.79 Å². The van der Waals surface area contributed by atoms with Crippen LogP contribution in [0, 0.1) is 6.92 Å². The number of amides is 1. The highest BCUT2D eigenvalue weighted by atomic mass is 35.5. The lowest BCUT2D eigenvalue weighted by molar-refractivity contribution is -0.118. The fourth-order valence-corrected chi connectivity index (χ4v) is 4.17. The Kier molecular flexibility index (Phi) is 8.23. The van der Waals surface area contributed by atoms with Gasteiger partial charge in [0.1, 0.15) is 5.75 Å². The van der Waals surface area contributed by atoms with Crippen molar-refractivity contribution in [1.82, 2.24) is 20.1 Å². The van der Waals surface area contributed by atoms with Gasteiger partial charge in [-0.3, -0.25) is 4.79 Å². The van der Waals surface area contributed by atoms with E-state index in [1.807, 2.05) is 49.6 Å². The Balaban J connectivity index is 1.58. The Morgan fingerprint density at radius 3 is 2.55 bits per heavy atom. The van der Waals surface area contributed by atoms with Crippen molar-refractivity contribution in [2.45, 2.75) is 45.1 Å². The summed E-state index contributed by atoms with van der Waals surface area (Å²) in [7, 11) is 0. The van der Waals surface area contributed by atoms with Crippen molar-refractivity contribution in [2.24, 2.45) is 0 Å². The van der Waals surface area contributed by atoms with Gasteiger partial charge >= 0.3 is 0 Å². The number of aryl methyl sites for hydroxylation is 1. The summed E-state index contributed by atoms with van der Waals surface area (Å²) >= 11 is 13.3. The molecule has 164 valence electrons. The molecule has 1 unspecified atom stereocenters. The fourth-order valence-electron chi connectivity index (χ4n) is 2.98. The summed E-state index contributed by atoms with van der Waals surface area (Å²) in [6, 6.07) is 12.9. The first-order valence-corrected chi connectivity index (χ1v) is 11.6. The maximum absolute atomic E-state index is 12.3. The third-order valence-electron chi connectivity index (χ3n) is 4.60. The molecule has 0 fully saturated rings. The van der Waals surface area contributed by atoms with Gasteiger partial charge in [-0.1, -0.05) is 47.1 Å². The Hall–Kier alpha value is -2.22. The number of nitrogens with one attached hydrogen (secondary N) is 1. The lowest BCUT2D eigenvalue weighted by Gasteiger charge is -2.17. The van der Waals surface area contributed by atoms with Crippen LogP contribution < -0.4 is 10.1 Å². The first-order valence-electron chi connectivity index (χ1n) is 9.87. The van der Waals surface area contributed by atoms with Crippen LogP contribution in [0.2, 0.25) is 10.0 Å². The molecule has 1 N–H and O–H groups in total. The highest BCUT2D eigenvalue weighted by Crippen LogP contribution is 2.28. The fraction of sp³-hybridized carbons (Fsp3) is 0.318. The third kappa shape index (κ3) is 6.38. The molecule has 0 saturated heterocycles. The van der Waals surface area contributed by atoms with Crippen LogP contribution in [0.3, 0.4) is 0 Å². The van der Waals surface area contributed by atoms with Crippen molar-refractivity contribution in [1.29, 1.82) is 0 Å². The maximum atomic E-state index is 12.3. The van der Waals surface area contributed by atoms with Crippen LogP contribution >= 0.6 is 35.0 Å². The van der Waals surface area contributed by atoms with Gasteiger partial charge in [0, 0.05) is 23.1 Å². The molecule has 0 spiro atoms. The lowest BCUT2D eigenvalue weighted by Crippen LogP contribution is -2.24. The van der Waals surface area contributed by atoms with Gasteiger partial charge in [-0.05, 0) is 62.2 Å². The molecule has 31 heavy (non-hydrogen) atoms. The number of hydrogen-bond acceptors (Lipinski definition) is 5. The molecule has 1 heterocycles. The van der Waals surface area contributed by atoms with E-state index in [4.69, 9.17) is 27.9 Å². The van der Waals surface area contributed by atoms with Crippen LogP contribution in [0.25, 0.3) is 0 Å². The maximum Gasteiger partial charge on any atom is 0.230 e. The van der Waals surface area contributed by atoms with Gasteiger partial charge in [-0.25, -0.2) is 0 Å². The SMILES string of the molecule is CCn1c(SCC(=O)NCc2ccc(Cl)cc2)nnc1C(C)Oc1ccc(Cl)cc1C. The van der Waals surface area contributed by atoms with Crippen molar-refractivity contribution in [3.05, 3.63) is 69.5 Å². The van der Waals surface area contributed by atoms with Gasteiger partial charge in [-0.2, -0.15) is 0 Å². The summed E-state index contributed by atoms with van der Waals surface area (Å²) in [6.45, 7) is 7.01. The molecule has 2 aromatic carbocycles. The molecule has 0 aliphatic heterocycles. The summed E-state index contributed by atoms with van der Waals surface area (Å²) in [5.74, 6) is 1.63. The number of rotatable bonds is 9. The molecule has 0 aliphatic rings. The van der Waals surface area contributed by atoms with Gasteiger partial charge in [0.2, 0.25) is 5.91 Å². The minimum absolute atomic E-state index is 0.0757. The molecule has 6 nitrogen and oxygen atoms in total. The number of benzene rings is 2. The Labute approximate surface area is 196 Å². The van der Waals surface area contributed by atoms with Crippen LogP contribution in [-0.4, -0.2) is 26.4 Å². The molecule has 1 atom stereocenters. The number of thioether (sulfide) groups is 1. The standard InChI is InChI=1S/C22H24Cl2N4O2S/c1-4-28-21(15(3)30-19-10-9-18(24)11-14(19)2)26-27-22(28)31-13-20(29)25-12-16-5-7-17(23)8-6-16/h5-11,15H,4,12-13H2,1-3H3,(H,25,29). The number of aromatic nitrogens is 3. The molecule has 0 aliphatic carbocycles. The van der Waals surface area contributed by atoms with E-state index in [2.05, 4.69) is 15.5 Å². The Morgan fingerprint density at radius 2 is 1.87 bits per heavy atom. The van der Waals surface area contributed by atoms with Gasteiger partial charge < -0.3 is 14.6 Å². The van der Waals surface area contributed by atoms with Crippen molar-refractivity contribution >= 4 is 40.9 Å². The minimum atomic E-state index is -0.305. The van der Waals surface area contributed by atoms with Crippen molar-refractivity contribution in [3.63, 3.8) is 0 Å². The highest BCUT2D eigenvalue weighted by molar-refractivity contribution is 7.99. The molecular formula is C22H24Cl2N4O2S. The molecule has 1 aromatic heterocycles. The summed E-state index contributed by atoms with van der Waals surface area (Å²) in [5, 5.41) is 13.5. The molecule has 1 amide bonds. The quantitative estimate of drug-likeness (QED) is 0.413. The normalized spacial score (nSPS) is 11.9. The van der Waals surface area contributed by atoms with E-state index >= 15 is 0 Å². The van der Waals surface area contributed by atoms with Crippen LogP contribution in [-0.2, 0) is 17.9 Å². The number of nitrogens with zero attached hydrogens (tertiary/aromatic N) is 3. The number of halogens is 2. The minimum Gasteiger partial charge on any atom is -0.482 e. The van der Waals surface area contributed by atoms with E-state index < -0.39 is 0 Å². The molecular weight excluding hydrogens is 455 g/mol. The van der Waals surface area contributed by atoms with Crippen LogP contribution in [0.1, 0.15) is 36.9 Å². The second kappa shape index (κ2) is 10.9. The molecule has 0 saturated carbocycles. The first kappa shape index (κ1) is 23.4. The number of carbonyl (C=O) groups is 1. The van der Waals surface area contributed by atoms with Gasteiger partial charge in [0.15, 0.2) is 17.1 Å². The topological polar surface area (TPSA) is 69.0 Å². The number of hydrogen-bond donors (Lipinski definition) is 1. The monoisotopic (exact) mass is 478 g/mol. The summed E-state index contributed by atoms with van der Waals surface area (Å²) < 4.78 is 8.05. The number of carbonyl (C=O) groups excluding carboxylic acids is 1. The molecule has 0 radical (unpaired) electrons. The molecule has 3 rings (SSSR count). The highest BCUT2D eigenvalue weighted by Gasteiger charge is 2.20. The van der Waals surface area contributed by atoms with E-state index in [-0.39, 0.29) is 17.8 Å². The van der Waals surface area contributed by atoms with Crippen molar-refractivity contribution in [2.75, 3.05) is 5.75 Å². The molecule has 3 aromatic rings. The van der Waals surface area contributed by atoms with Crippen molar-refractivity contribution in [3.8, 4) is 5.75 Å². The van der Waals surface area contributed by atoms with Gasteiger partial charge in [0.25, 0.3) is 0 Å². The van der Waals surface area contributed by atoms with Gasteiger partial charge in [0.05, 0.1) is 5.75 Å². The average Bonchev–Trinajstić information content (AvgIpc) is 3.17. The van der Waals surface area contributed by atoms with Crippen molar-refractivity contribution < 1.29 is 9.53 Å². The van der Waals surface area contributed by atoms with Gasteiger partial charge in [-0.15, -0.1) is 10.2 Å². The van der Waals surface area contributed by atoms with E-state index in [0.29, 0.717) is 34.1 Å². The summed E-state index contributed by atoms with van der Waals surface area (Å²) in [5.41, 5.74) is 1.94. The zero-order valence-electron chi connectivity index (χ0n) is 17.6. The Bertz CT molecular complexity index is 1040. The smallest absolute Gasteiger partial charge is 0.230 e. The average molecular weight is 479 g/mol. The third-order valence-corrected chi connectivity index (χ3v) is 6.06. The largest absolute Gasteiger partial charge is 0.482 e. The zero-order valence-corrected chi connectivity index (χ0v) is 19.9. The second-order valence-corrected chi connectivity index (χ2v) is 8.76. The predicted octanol–water partition coefficient (Wildman–Crippen LogP) is 5.46. The van der Waals surface area contributed by atoms with E-state index in [1.165, 1.54) is 11.8 Å². The summed E-state index contributed by atoms with van der Waals surface area (Å²) in [4.78, 5) is 12.3. The lowest BCUT2D eigenvalue weighted by atomic mass is 10.2. The first-order chi connectivity index (χ1) is 14.9. The molecule has 0 bridgehead atoms. The predicted molar refractivity (Wildman–Crippen MR) is 125 cm³/mol.